The van der Waals surface area contributed by atoms with E-state index < -0.39 is 17.7 Å². The highest BCUT2D eigenvalue weighted by molar-refractivity contribution is 6.10. The van der Waals surface area contributed by atoms with Crippen molar-refractivity contribution in [3.63, 3.8) is 0 Å². The number of carbonyl (C=O) groups is 3. The molecule has 3 aliphatic heterocycles. The number of nitrogens with zero attached hydrogens (tertiary/aromatic N) is 12. The van der Waals surface area contributed by atoms with Crippen molar-refractivity contribution in [2.24, 2.45) is 17.2 Å². The Morgan fingerprint density at radius 3 is 1.80 bits per heavy atom. The van der Waals surface area contributed by atoms with Gasteiger partial charge in [0.2, 0.25) is 0 Å². The summed E-state index contributed by atoms with van der Waals surface area (Å²) >= 11 is 0. The number of aryl methyl sites for hydroxylation is 2. The number of nitrogens with one attached hydrogen (secondary N) is 5. The number of ether oxygens (including phenoxy) is 4. The maximum absolute atomic E-state index is 15.6. The van der Waals surface area contributed by atoms with Crippen LogP contribution in [0.1, 0.15) is 87.5 Å². The zero-order valence-electron chi connectivity index (χ0n) is 53.1. The fraction of sp³-hybridized carbons (Fsp3) is 0.294. The minimum absolute atomic E-state index is 0.0409. The van der Waals surface area contributed by atoms with Crippen LogP contribution in [-0.4, -0.2) is 135 Å². The number of anilines is 9. The summed E-state index contributed by atoms with van der Waals surface area (Å²) in [5, 5.41) is 12.7. The third-order valence-electron chi connectivity index (χ3n) is 16.2. The second kappa shape index (κ2) is 30.6. The van der Waals surface area contributed by atoms with Crippen molar-refractivity contribution in [2.45, 2.75) is 57.8 Å². The Labute approximate surface area is 554 Å². The van der Waals surface area contributed by atoms with Gasteiger partial charge in [0.25, 0.3) is 17.7 Å². The first-order valence-electron chi connectivity index (χ1n) is 32.0. The topological polar surface area (TPSA) is 378 Å². The minimum Gasteiger partial charge on any atom is -0.494 e. The third-order valence-corrected chi connectivity index (χ3v) is 16.2. The second-order valence-corrected chi connectivity index (χ2v) is 22.9. The van der Waals surface area contributed by atoms with Crippen molar-refractivity contribution >= 4 is 69.3 Å². The zero-order valence-corrected chi connectivity index (χ0v) is 53.1. The van der Waals surface area contributed by atoms with Crippen molar-refractivity contribution in [1.29, 1.82) is 0 Å². The summed E-state index contributed by atoms with van der Waals surface area (Å²) in [6.07, 6.45) is 20.0. The van der Waals surface area contributed by atoms with Gasteiger partial charge in [0.1, 0.15) is 29.6 Å². The molecule has 0 aliphatic carbocycles. The molecule has 3 aromatic carbocycles. The van der Waals surface area contributed by atoms with Gasteiger partial charge >= 0.3 is 0 Å². The molecular weight excluding hydrogens is 1220 g/mol. The lowest BCUT2D eigenvalue weighted by molar-refractivity contribution is 0.101. The van der Waals surface area contributed by atoms with Crippen molar-refractivity contribution < 1.29 is 33.3 Å². The molecule has 28 nitrogen and oxygen atoms in total. The van der Waals surface area contributed by atoms with Gasteiger partial charge in [-0.1, -0.05) is 12.1 Å². The fourth-order valence-corrected chi connectivity index (χ4v) is 11.2. The molecular formula is C68H75N21O7. The van der Waals surface area contributed by atoms with Crippen molar-refractivity contribution in [3.8, 4) is 56.8 Å². The summed E-state index contributed by atoms with van der Waals surface area (Å²) in [6, 6.07) is 22.3. The molecule has 0 atom stereocenters. The van der Waals surface area contributed by atoms with E-state index in [1.165, 1.54) is 18.6 Å². The molecule has 0 saturated carbocycles. The Bertz CT molecular complexity index is 4280. The van der Waals surface area contributed by atoms with E-state index in [4.69, 9.17) is 66.8 Å². The van der Waals surface area contributed by atoms with E-state index >= 15 is 9.59 Å². The molecule has 13 N–H and O–H groups in total. The number of rotatable bonds is 16. The van der Waals surface area contributed by atoms with E-state index in [0.29, 0.717) is 164 Å². The van der Waals surface area contributed by atoms with Crippen LogP contribution in [0.4, 0.5) is 51.6 Å². The average Bonchev–Trinajstić information content (AvgIpc) is 1.13. The van der Waals surface area contributed by atoms with Crippen molar-refractivity contribution in [3.05, 3.63) is 157 Å². The van der Waals surface area contributed by atoms with Crippen LogP contribution in [0.3, 0.4) is 0 Å². The highest BCUT2D eigenvalue weighted by atomic mass is 16.5. The standard InChI is InChI=1S/C68H75N21O7/c1-87-28-32-96-58-16-14-46(93-29-6-21-70)35-47(58)50-41-78-65(62(81-50)68(92)82-51-36-73-23-17-54(51)87)85-88-26-5-3-10-45-33-43(13-15-57(45)94-30-7-22-71)49-40-77-64(61(80-49)67(91)84-53-38-75-24-18-55(53)88)86-89-27-8-31-95-59-34-44(12-11-42(59)9-2-4-20-69)48-39-76-63(72)60(79-48)66(90)83-52-37-74-25-19-56(52)89/h11-19,23-25,33-41H,2-10,20-22,26-32,69-71H2,1H3,(H2,72,76)(H,77,86)(H,78,85)(H,82,92)(H,83,90)(H,84,91). The zero-order chi connectivity index (χ0) is 66.3. The SMILES string of the molecule is CN1CCOc2ccc(OCCCN)cc2-c2cnc(NN3CCCCc4cc(ccc4OCCCN)-c4cnc(NN5CCCOc6cc(ccc6CCCCN)-c6cnc(N)c(n6)C(=O)Nc6cnccc65)c(n4)C(=O)Nc4cnccc43)c(n2)C(=O)Nc2cnccc21. The number of amides is 3. The normalized spacial score (nSPS) is 14.1. The maximum atomic E-state index is 15.6. The van der Waals surface area contributed by atoms with Crippen LogP contribution in [-0.2, 0) is 12.8 Å². The molecule has 10 bridgehead atoms. The van der Waals surface area contributed by atoms with E-state index in [1.807, 2.05) is 72.6 Å². The van der Waals surface area contributed by atoms with Crippen LogP contribution < -0.4 is 83.6 Å². The van der Waals surface area contributed by atoms with E-state index in [1.54, 1.807) is 59.3 Å². The van der Waals surface area contributed by atoms with Crippen LogP contribution in [0, 0.1) is 0 Å². The molecule has 96 heavy (non-hydrogen) atoms. The summed E-state index contributed by atoms with van der Waals surface area (Å²) in [5.41, 5.74) is 38.0. The van der Waals surface area contributed by atoms with Gasteiger partial charge in [-0.15, -0.1) is 0 Å². The number of fused-ring (bicyclic) bond motifs is 17. The summed E-state index contributed by atoms with van der Waals surface area (Å²) < 4.78 is 25.5. The lowest BCUT2D eigenvalue weighted by atomic mass is 10.0. The third kappa shape index (κ3) is 15.2. The lowest BCUT2D eigenvalue weighted by Gasteiger charge is -2.29. The number of unbranched alkanes of at least 4 members (excludes halogenated alkanes) is 1. The van der Waals surface area contributed by atoms with Crippen LogP contribution in [0.5, 0.6) is 23.0 Å². The summed E-state index contributed by atoms with van der Waals surface area (Å²) in [6.45, 7) is 3.77. The van der Waals surface area contributed by atoms with Gasteiger partial charge in [0, 0.05) is 61.8 Å². The first-order valence-corrected chi connectivity index (χ1v) is 32.0. The van der Waals surface area contributed by atoms with Gasteiger partial charge in [-0.05, 0) is 143 Å². The Balaban J connectivity index is 0.930. The molecule has 28 heteroatoms. The molecule has 494 valence electrons. The number of pyridine rings is 3. The van der Waals surface area contributed by atoms with E-state index in [2.05, 4.69) is 46.7 Å². The molecule has 6 aromatic heterocycles. The second-order valence-electron chi connectivity index (χ2n) is 22.9. The van der Waals surface area contributed by atoms with Crippen molar-refractivity contribution in [2.75, 3.05) is 120 Å². The van der Waals surface area contributed by atoms with Gasteiger partial charge in [-0.2, -0.15) is 0 Å². The number of likely N-dealkylation sites (N-methyl/N-ethyl adjacent to an activating group) is 1. The average molecular weight is 1300 g/mol. The van der Waals surface area contributed by atoms with Gasteiger partial charge in [-0.3, -0.25) is 50.2 Å². The molecule has 9 aromatic rings. The molecule has 0 unspecified atom stereocenters. The quantitative estimate of drug-likeness (QED) is 0.0414. The first-order chi connectivity index (χ1) is 47.0. The lowest BCUT2D eigenvalue weighted by Crippen LogP contribution is -2.35. The minimum atomic E-state index is -0.676. The van der Waals surface area contributed by atoms with Crippen molar-refractivity contribution in [1.82, 2.24) is 44.9 Å². The van der Waals surface area contributed by atoms with Gasteiger partial charge in [0.15, 0.2) is 34.5 Å². The predicted molar refractivity (Wildman–Crippen MR) is 367 cm³/mol. The monoisotopic (exact) mass is 1300 g/mol. The van der Waals surface area contributed by atoms with Crippen LogP contribution >= 0.6 is 0 Å². The summed E-state index contributed by atoms with van der Waals surface area (Å²) in [4.78, 5) is 89.3. The predicted octanol–water partition coefficient (Wildman–Crippen LogP) is 7.93. The summed E-state index contributed by atoms with van der Waals surface area (Å²) in [5.74, 6) is 0.513. The van der Waals surface area contributed by atoms with E-state index in [-0.39, 0.29) is 65.7 Å². The number of hydrogen-bond acceptors (Lipinski definition) is 25. The number of hydrazine groups is 2. The highest BCUT2D eigenvalue weighted by Gasteiger charge is 2.28. The van der Waals surface area contributed by atoms with E-state index in [0.717, 1.165) is 30.4 Å². The van der Waals surface area contributed by atoms with Crippen LogP contribution in [0.25, 0.3) is 33.8 Å². The van der Waals surface area contributed by atoms with Gasteiger partial charge < -0.3 is 62.7 Å². The number of nitrogens with two attached hydrogens (primary N) is 4. The molecule has 3 aliphatic rings. The number of carbonyl (C=O) groups excluding carboxylic acids is 3. The molecule has 0 radical (unpaired) electrons. The Morgan fingerprint density at radius 2 is 1.11 bits per heavy atom. The molecule has 0 spiro atoms. The Morgan fingerprint density at radius 1 is 0.542 bits per heavy atom. The van der Waals surface area contributed by atoms with Gasteiger partial charge in [0.05, 0.1) is 115 Å². The number of hydrogen-bond donors (Lipinski definition) is 9. The molecule has 0 saturated heterocycles. The Kier molecular flexibility index (Phi) is 20.6. The van der Waals surface area contributed by atoms with Gasteiger partial charge in [-0.25, -0.2) is 29.9 Å². The summed E-state index contributed by atoms with van der Waals surface area (Å²) in [7, 11) is 1.90. The number of aromatic nitrogens is 9. The molecule has 3 amide bonds. The van der Waals surface area contributed by atoms with Crippen LogP contribution in [0.2, 0.25) is 0 Å². The first kappa shape index (κ1) is 64.7. The maximum Gasteiger partial charge on any atom is 0.278 e. The fourth-order valence-electron chi connectivity index (χ4n) is 11.2. The largest absolute Gasteiger partial charge is 0.494 e. The molecule has 12 rings (SSSR count). The van der Waals surface area contributed by atoms with E-state index in [9.17, 15) is 4.79 Å². The number of benzene rings is 3. The Hall–Kier alpha value is -11.4. The smallest absolute Gasteiger partial charge is 0.278 e. The molecule has 0 fully saturated rings. The van der Waals surface area contributed by atoms with Crippen LogP contribution in [0.15, 0.2) is 129 Å². The highest BCUT2D eigenvalue weighted by Crippen LogP contribution is 2.38. The molecule has 9 heterocycles. The number of nitrogen functional groups attached to an aromatic ring is 1.